The highest BCUT2D eigenvalue weighted by molar-refractivity contribution is 6.20. The molecule has 0 N–H and O–H groups in total. The van der Waals surface area contributed by atoms with Gasteiger partial charge >= 0.3 is 0 Å². The SMILES string of the molecule is CC1(C)c2ccccc2-n2c3ccc(-c4nc(-c5ccccc5)nc(-c5ccccc5)n4)cc3c3cc(C(=O)c4cc5c6c(c4)c4cc(-c7nc(-c8ccccc8)nc(-c8ccccc8)n7)ccc4n6-c4ccccc4C5(C)C)cc1c32. The molecule has 6 heterocycles. The van der Waals surface area contributed by atoms with E-state index in [1.807, 2.05) is 121 Å². The minimum absolute atomic E-state index is 0.0512. The first-order chi connectivity index (χ1) is 40.1. The molecule has 0 fully saturated rings. The lowest BCUT2D eigenvalue weighted by molar-refractivity contribution is 0.103. The van der Waals surface area contributed by atoms with Crippen LogP contribution in [0.2, 0.25) is 0 Å². The number of carbonyl (C=O) groups excluding carboxylic acids is 1. The lowest BCUT2D eigenvalue weighted by Crippen LogP contribution is -2.27. The summed E-state index contributed by atoms with van der Waals surface area (Å²) in [7, 11) is 0. The third-order valence-corrected chi connectivity index (χ3v) is 17.1. The lowest BCUT2D eigenvalue weighted by atomic mass is 9.73. The van der Waals surface area contributed by atoms with Gasteiger partial charge in [-0.15, -0.1) is 0 Å². The van der Waals surface area contributed by atoms with Crippen molar-refractivity contribution >= 4 is 49.4 Å². The molecule has 0 saturated carbocycles. The Morgan fingerprint density at radius 3 is 0.951 bits per heavy atom. The first-order valence-corrected chi connectivity index (χ1v) is 27.8. The number of carbonyl (C=O) groups is 1. The van der Waals surface area contributed by atoms with E-state index in [9.17, 15) is 0 Å². The minimum atomic E-state index is -0.455. The third kappa shape index (κ3) is 7.15. The van der Waals surface area contributed by atoms with Gasteiger partial charge in [0.2, 0.25) is 0 Å². The van der Waals surface area contributed by atoms with Crippen LogP contribution in [0.15, 0.2) is 231 Å². The van der Waals surface area contributed by atoms with Gasteiger partial charge in [-0.1, -0.05) is 185 Å². The van der Waals surface area contributed by atoms with Gasteiger partial charge in [-0.25, -0.2) is 29.9 Å². The number of ketones is 1. The van der Waals surface area contributed by atoms with Crippen LogP contribution >= 0.6 is 0 Å². The topological polar surface area (TPSA) is 104 Å². The zero-order valence-corrected chi connectivity index (χ0v) is 45.4. The van der Waals surface area contributed by atoms with E-state index in [1.54, 1.807) is 0 Å². The van der Waals surface area contributed by atoms with Gasteiger partial charge in [0.15, 0.2) is 40.7 Å². The van der Waals surface area contributed by atoms with Crippen molar-refractivity contribution in [1.29, 1.82) is 0 Å². The quantitative estimate of drug-likeness (QED) is 0.140. The number of rotatable bonds is 8. The van der Waals surface area contributed by atoms with Gasteiger partial charge in [0.05, 0.1) is 33.4 Å². The van der Waals surface area contributed by atoms with Crippen LogP contribution in [-0.4, -0.2) is 44.8 Å². The molecule has 14 aromatic rings. The van der Waals surface area contributed by atoms with E-state index in [2.05, 4.69) is 146 Å². The smallest absolute Gasteiger partial charge is 0.193 e. The number of benzene rings is 10. The van der Waals surface area contributed by atoms with Gasteiger partial charge < -0.3 is 9.13 Å². The van der Waals surface area contributed by atoms with Crippen molar-refractivity contribution in [2.75, 3.05) is 0 Å². The standard InChI is InChI=1S/C73H50N8O/c1-72(2)55-29-17-19-31-61(55)80-59-35-33-47(70-76-66(43-21-9-5-10-22-43)74-67(77-70)44-23-11-6-12-24-44)37-51(59)53-39-49(41-57(72)63(53)80)65(82)50-40-54-52-38-48(34-36-60(52)81-62-32-20-18-30-56(62)73(3,4)58(42-50)64(54)81)71-78-68(45-25-13-7-14-26-45)75-69(79-71)46-27-15-8-16-28-46/h5-42H,1-4H3. The molecular weight excluding hydrogens is 1000 g/mol. The number of hydrogen-bond donors (Lipinski definition) is 0. The molecule has 82 heavy (non-hydrogen) atoms. The average molecular weight is 1060 g/mol. The van der Waals surface area contributed by atoms with Crippen molar-refractivity contribution in [3.63, 3.8) is 0 Å². The van der Waals surface area contributed by atoms with E-state index >= 15 is 4.79 Å². The monoisotopic (exact) mass is 1050 g/mol. The lowest BCUT2D eigenvalue weighted by Gasteiger charge is -2.35. The predicted octanol–water partition coefficient (Wildman–Crippen LogP) is 16.8. The minimum Gasteiger partial charge on any atom is -0.309 e. The first kappa shape index (κ1) is 47.5. The van der Waals surface area contributed by atoms with E-state index in [-0.39, 0.29) is 5.78 Å². The molecule has 0 spiro atoms. The summed E-state index contributed by atoms with van der Waals surface area (Å²) in [5.41, 5.74) is 16.7. The number of nitrogens with zero attached hydrogens (tertiary/aromatic N) is 8. The van der Waals surface area contributed by atoms with Crippen molar-refractivity contribution in [1.82, 2.24) is 39.0 Å². The number of fused-ring (bicyclic) bond motifs is 10. The summed E-state index contributed by atoms with van der Waals surface area (Å²) in [4.78, 5) is 46.7. The molecule has 10 aromatic carbocycles. The maximum atomic E-state index is 16.1. The van der Waals surface area contributed by atoms with Gasteiger partial charge in [0.1, 0.15) is 0 Å². The Balaban J connectivity index is 0.912. The Morgan fingerprint density at radius 1 is 0.305 bits per heavy atom. The number of aromatic nitrogens is 8. The molecule has 9 nitrogen and oxygen atoms in total. The van der Waals surface area contributed by atoms with Crippen molar-refractivity contribution in [2.45, 2.75) is 38.5 Å². The summed E-state index contributed by atoms with van der Waals surface area (Å²) < 4.78 is 4.77. The van der Waals surface area contributed by atoms with E-state index in [1.165, 1.54) is 11.1 Å². The fraction of sp³-hybridized carbons (Fsp3) is 0.0822. The maximum absolute atomic E-state index is 16.1. The largest absolute Gasteiger partial charge is 0.309 e. The summed E-state index contributed by atoms with van der Waals surface area (Å²) in [6, 6.07) is 79.2. The highest BCUT2D eigenvalue weighted by atomic mass is 16.1. The van der Waals surface area contributed by atoms with Crippen LogP contribution in [0.4, 0.5) is 0 Å². The summed E-state index contributed by atoms with van der Waals surface area (Å²) in [6.07, 6.45) is 0. The molecule has 0 radical (unpaired) electrons. The van der Waals surface area contributed by atoms with Crippen LogP contribution in [0.3, 0.4) is 0 Å². The Hall–Kier alpha value is -10.5. The Morgan fingerprint density at radius 2 is 0.610 bits per heavy atom. The second-order valence-corrected chi connectivity index (χ2v) is 22.7. The molecule has 388 valence electrons. The summed E-state index contributed by atoms with van der Waals surface area (Å²) in [6.45, 7) is 9.12. The van der Waals surface area contributed by atoms with Crippen LogP contribution in [-0.2, 0) is 10.8 Å². The second-order valence-electron chi connectivity index (χ2n) is 22.7. The Labute approximate surface area is 473 Å². The summed E-state index contributed by atoms with van der Waals surface area (Å²) in [5, 5.41) is 3.98. The van der Waals surface area contributed by atoms with Crippen molar-refractivity contribution in [3.8, 4) is 79.7 Å². The van der Waals surface area contributed by atoms with Gasteiger partial charge in [0.25, 0.3) is 0 Å². The van der Waals surface area contributed by atoms with Crippen LogP contribution < -0.4 is 0 Å². The molecule has 9 heteroatoms. The highest BCUT2D eigenvalue weighted by Crippen LogP contribution is 2.51. The molecule has 2 aliphatic rings. The summed E-state index contributed by atoms with van der Waals surface area (Å²) in [5.74, 6) is 3.46. The van der Waals surface area contributed by atoms with Gasteiger partial charge in [0, 0.05) is 76.9 Å². The molecule has 0 saturated heterocycles. The molecule has 0 aliphatic carbocycles. The van der Waals surface area contributed by atoms with Crippen LogP contribution in [0.5, 0.6) is 0 Å². The van der Waals surface area contributed by atoms with Gasteiger partial charge in [-0.3, -0.25) is 4.79 Å². The van der Waals surface area contributed by atoms with Crippen LogP contribution in [0.1, 0.15) is 65.9 Å². The molecule has 16 rings (SSSR count). The van der Waals surface area contributed by atoms with Crippen molar-refractivity contribution in [2.24, 2.45) is 0 Å². The maximum Gasteiger partial charge on any atom is 0.193 e. The molecule has 0 unspecified atom stereocenters. The highest BCUT2D eigenvalue weighted by Gasteiger charge is 2.39. The zero-order valence-electron chi connectivity index (χ0n) is 45.4. The fourth-order valence-electron chi connectivity index (χ4n) is 13.0. The normalized spacial score (nSPS) is 13.6. The van der Waals surface area contributed by atoms with Gasteiger partial charge in [-0.2, -0.15) is 0 Å². The Bertz CT molecular complexity index is 4560. The van der Waals surface area contributed by atoms with Crippen LogP contribution in [0, 0.1) is 0 Å². The van der Waals surface area contributed by atoms with Crippen molar-refractivity contribution < 1.29 is 4.79 Å². The van der Waals surface area contributed by atoms with Gasteiger partial charge in [-0.05, 0) is 95.1 Å². The average Bonchev–Trinajstić information content (AvgIpc) is 4.15. The van der Waals surface area contributed by atoms with E-state index in [0.29, 0.717) is 46.1 Å². The molecule has 0 atom stereocenters. The first-order valence-electron chi connectivity index (χ1n) is 27.8. The van der Waals surface area contributed by atoms with Crippen molar-refractivity contribution in [3.05, 3.63) is 264 Å². The molecular formula is C73H50N8O. The second kappa shape index (κ2) is 17.7. The molecule has 0 amide bonds. The van der Waals surface area contributed by atoms with Crippen LogP contribution in [0.25, 0.3) is 123 Å². The van der Waals surface area contributed by atoms with E-state index in [0.717, 1.165) is 99.5 Å². The molecule has 0 bridgehead atoms. The number of para-hydroxylation sites is 2. The van der Waals surface area contributed by atoms with E-state index < -0.39 is 10.8 Å². The molecule has 4 aromatic heterocycles. The Kier molecular flexibility index (Phi) is 10.3. The predicted molar refractivity (Wildman–Crippen MR) is 329 cm³/mol. The zero-order chi connectivity index (χ0) is 55.0. The summed E-state index contributed by atoms with van der Waals surface area (Å²) >= 11 is 0. The fourth-order valence-corrected chi connectivity index (χ4v) is 13.0. The van der Waals surface area contributed by atoms with E-state index in [4.69, 9.17) is 29.9 Å². The number of hydrogen-bond acceptors (Lipinski definition) is 7. The third-order valence-electron chi connectivity index (χ3n) is 17.1. The molecule has 2 aliphatic heterocycles.